The Bertz CT molecular complexity index is 336. The van der Waals surface area contributed by atoms with E-state index in [2.05, 4.69) is 19.2 Å². The van der Waals surface area contributed by atoms with Crippen LogP contribution in [0.5, 0.6) is 0 Å². The van der Waals surface area contributed by atoms with E-state index in [-0.39, 0.29) is 5.82 Å². The van der Waals surface area contributed by atoms with Crippen molar-refractivity contribution in [1.29, 1.82) is 0 Å². The van der Waals surface area contributed by atoms with Crippen LogP contribution in [-0.4, -0.2) is 12.6 Å². The molecule has 0 saturated carbocycles. The van der Waals surface area contributed by atoms with Gasteiger partial charge in [-0.15, -0.1) is 0 Å². The zero-order valence-corrected chi connectivity index (χ0v) is 11.2. The summed E-state index contributed by atoms with van der Waals surface area (Å²) in [5, 5.41) is 3.51. The Balaban J connectivity index is 2.64. The van der Waals surface area contributed by atoms with Crippen molar-refractivity contribution in [2.75, 3.05) is 6.54 Å². The van der Waals surface area contributed by atoms with Gasteiger partial charge in [-0.2, -0.15) is 0 Å². The molecule has 0 bridgehead atoms. The first-order valence-corrected chi connectivity index (χ1v) is 6.65. The molecule has 1 aromatic rings. The van der Waals surface area contributed by atoms with Crippen LogP contribution in [0, 0.1) is 12.7 Å². The van der Waals surface area contributed by atoms with Crippen LogP contribution in [0.1, 0.15) is 44.2 Å². The topological polar surface area (TPSA) is 12.0 Å². The minimum Gasteiger partial charge on any atom is -0.314 e. The summed E-state index contributed by atoms with van der Waals surface area (Å²) in [6, 6.07) is 5.62. The third-order valence-corrected chi connectivity index (χ3v) is 3.17. The van der Waals surface area contributed by atoms with Gasteiger partial charge in [-0.25, -0.2) is 4.39 Å². The monoisotopic (exact) mass is 237 g/mol. The molecule has 0 spiro atoms. The Morgan fingerprint density at radius 2 is 2.06 bits per heavy atom. The van der Waals surface area contributed by atoms with Crippen LogP contribution < -0.4 is 5.32 Å². The van der Waals surface area contributed by atoms with Crippen molar-refractivity contribution in [3.05, 3.63) is 35.1 Å². The van der Waals surface area contributed by atoms with Gasteiger partial charge in [0.1, 0.15) is 5.82 Å². The van der Waals surface area contributed by atoms with Crippen LogP contribution in [-0.2, 0) is 6.42 Å². The SMILES string of the molecule is CCCCC(Cc1ccc(F)cc1C)NCC. The molecule has 1 nitrogen and oxygen atoms in total. The summed E-state index contributed by atoms with van der Waals surface area (Å²) in [5.41, 5.74) is 2.32. The number of benzene rings is 1. The summed E-state index contributed by atoms with van der Waals surface area (Å²) in [5.74, 6) is -0.139. The van der Waals surface area contributed by atoms with Crippen LogP contribution >= 0.6 is 0 Å². The van der Waals surface area contributed by atoms with Gasteiger partial charge in [0.2, 0.25) is 0 Å². The van der Waals surface area contributed by atoms with Crippen LogP contribution in [0.3, 0.4) is 0 Å². The first kappa shape index (κ1) is 14.2. The van der Waals surface area contributed by atoms with Gasteiger partial charge in [0.25, 0.3) is 0 Å². The van der Waals surface area contributed by atoms with Crippen LogP contribution in [0.4, 0.5) is 4.39 Å². The second-order valence-electron chi connectivity index (χ2n) is 4.67. The fourth-order valence-corrected chi connectivity index (χ4v) is 2.17. The third-order valence-electron chi connectivity index (χ3n) is 3.17. The van der Waals surface area contributed by atoms with E-state index in [1.54, 1.807) is 12.1 Å². The molecule has 2 heteroatoms. The van der Waals surface area contributed by atoms with E-state index < -0.39 is 0 Å². The molecule has 1 unspecified atom stereocenters. The maximum absolute atomic E-state index is 13.0. The van der Waals surface area contributed by atoms with Crippen molar-refractivity contribution in [2.24, 2.45) is 0 Å². The summed E-state index contributed by atoms with van der Waals surface area (Å²) in [4.78, 5) is 0. The summed E-state index contributed by atoms with van der Waals surface area (Å²) in [6.07, 6.45) is 4.67. The Morgan fingerprint density at radius 1 is 1.29 bits per heavy atom. The Kier molecular flexibility index (Phi) is 6.20. The third kappa shape index (κ3) is 4.86. The van der Waals surface area contributed by atoms with Gasteiger partial charge in [0.05, 0.1) is 0 Å². The molecule has 0 heterocycles. The zero-order valence-electron chi connectivity index (χ0n) is 11.2. The normalized spacial score (nSPS) is 12.7. The molecule has 1 N–H and O–H groups in total. The van der Waals surface area contributed by atoms with E-state index in [0.717, 1.165) is 18.5 Å². The maximum Gasteiger partial charge on any atom is 0.123 e. The van der Waals surface area contributed by atoms with Crippen molar-refractivity contribution in [1.82, 2.24) is 5.32 Å². The first-order chi connectivity index (χ1) is 8.17. The van der Waals surface area contributed by atoms with Crippen molar-refractivity contribution >= 4 is 0 Å². The lowest BCUT2D eigenvalue weighted by Crippen LogP contribution is -2.31. The second-order valence-corrected chi connectivity index (χ2v) is 4.67. The molecule has 0 saturated heterocycles. The smallest absolute Gasteiger partial charge is 0.123 e. The average molecular weight is 237 g/mol. The lowest BCUT2D eigenvalue weighted by Gasteiger charge is -2.18. The predicted molar refractivity (Wildman–Crippen MR) is 71.8 cm³/mol. The summed E-state index contributed by atoms with van der Waals surface area (Å²) < 4.78 is 13.0. The molecule has 0 aliphatic carbocycles. The predicted octanol–water partition coefficient (Wildman–Crippen LogP) is 3.84. The molecule has 0 amide bonds. The zero-order chi connectivity index (χ0) is 12.7. The fourth-order valence-electron chi connectivity index (χ4n) is 2.17. The fraction of sp³-hybridized carbons (Fsp3) is 0.600. The Labute approximate surface area is 104 Å². The van der Waals surface area contributed by atoms with Gasteiger partial charge in [-0.05, 0) is 49.6 Å². The van der Waals surface area contributed by atoms with E-state index >= 15 is 0 Å². The van der Waals surface area contributed by atoms with Gasteiger partial charge in [0.15, 0.2) is 0 Å². The number of halogens is 1. The van der Waals surface area contributed by atoms with E-state index in [1.807, 2.05) is 13.0 Å². The van der Waals surface area contributed by atoms with Gasteiger partial charge < -0.3 is 5.32 Å². The molecular formula is C15H24FN. The quantitative estimate of drug-likeness (QED) is 0.759. The number of likely N-dealkylation sites (N-methyl/N-ethyl adjacent to an activating group) is 1. The van der Waals surface area contributed by atoms with Crippen molar-refractivity contribution in [3.8, 4) is 0 Å². The first-order valence-electron chi connectivity index (χ1n) is 6.65. The van der Waals surface area contributed by atoms with Gasteiger partial charge >= 0.3 is 0 Å². The lowest BCUT2D eigenvalue weighted by molar-refractivity contribution is 0.472. The maximum atomic E-state index is 13.0. The van der Waals surface area contributed by atoms with Gasteiger partial charge in [-0.1, -0.05) is 32.8 Å². The molecule has 0 fully saturated rings. The molecular weight excluding hydrogens is 213 g/mol. The van der Waals surface area contributed by atoms with Gasteiger partial charge in [-0.3, -0.25) is 0 Å². The van der Waals surface area contributed by atoms with E-state index in [9.17, 15) is 4.39 Å². The van der Waals surface area contributed by atoms with Crippen LogP contribution in [0.2, 0.25) is 0 Å². The molecule has 0 aliphatic rings. The van der Waals surface area contributed by atoms with Crippen molar-refractivity contribution < 1.29 is 4.39 Å². The number of hydrogen-bond donors (Lipinski definition) is 1. The highest BCUT2D eigenvalue weighted by Crippen LogP contribution is 2.14. The number of rotatable bonds is 7. The number of aryl methyl sites for hydroxylation is 1. The van der Waals surface area contributed by atoms with Crippen molar-refractivity contribution in [2.45, 2.75) is 52.5 Å². The average Bonchev–Trinajstić information content (AvgIpc) is 2.29. The number of hydrogen-bond acceptors (Lipinski definition) is 1. The Morgan fingerprint density at radius 3 is 2.65 bits per heavy atom. The van der Waals surface area contributed by atoms with E-state index in [1.165, 1.54) is 24.8 Å². The minimum absolute atomic E-state index is 0.139. The summed E-state index contributed by atoms with van der Waals surface area (Å²) in [6.45, 7) is 7.33. The molecule has 17 heavy (non-hydrogen) atoms. The standard InChI is InChI=1S/C15H24FN/c1-4-6-7-15(17-5-2)11-13-8-9-14(16)10-12(13)3/h8-10,15,17H,4-7,11H2,1-3H3. The van der Waals surface area contributed by atoms with Gasteiger partial charge in [0, 0.05) is 6.04 Å². The largest absolute Gasteiger partial charge is 0.314 e. The molecule has 96 valence electrons. The van der Waals surface area contributed by atoms with Crippen LogP contribution in [0.25, 0.3) is 0 Å². The highest BCUT2D eigenvalue weighted by atomic mass is 19.1. The summed E-state index contributed by atoms with van der Waals surface area (Å²) >= 11 is 0. The molecule has 1 rings (SSSR count). The summed E-state index contributed by atoms with van der Waals surface area (Å²) in [7, 11) is 0. The minimum atomic E-state index is -0.139. The number of nitrogens with one attached hydrogen (secondary N) is 1. The second kappa shape index (κ2) is 7.44. The lowest BCUT2D eigenvalue weighted by atomic mass is 9.97. The van der Waals surface area contributed by atoms with Crippen molar-refractivity contribution in [3.63, 3.8) is 0 Å². The molecule has 0 aromatic heterocycles. The molecule has 0 radical (unpaired) electrons. The molecule has 1 atom stereocenters. The molecule has 0 aliphatic heterocycles. The van der Waals surface area contributed by atoms with E-state index in [0.29, 0.717) is 6.04 Å². The highest BCUT2D eigenvalue weighted by Gasteiger charge is 2.09. The highest BCUT2D eigenvalue weighted by molar-refractivity contribution is 5.27. The number of unbranched alkanes of at least 4 members (excludes halogenated alkanes) is 1. The Hall–Kier alpha value is -0.890. The molecule has 1 aromatic carbocycles. The van der Waals surface area contributed by atoms with Crippen LogP contribution in [0.15, 0.2) is 18.2 Å². The van der Waals surface area contributed by atoms with E-state index in [4.69, 9.17) is 0 Å².